The number of hydrogen-bond donors (Lipinski definition) is 1. The van der Waals surface area contributed by atoms with Crippen LogP contribution >= 0.6 is 0 Å². The fourth-order valence-electron chi connectivity index (χ4n) is 2.49. The second-order valence-electron chi connectivity index (χ2n) is 6.90. The molecule has 1 aromatic rings. The lowest BCUT2D eigenvalue weighted by Crippen LogP contribution is -2.27. The SMILES string of the molecule is COCCOCCOCCOCCOCCOCCOCCOCCNC(=O)c1ccccc1. The van der Waals surface area contributed by atoms with Crippen LogP contribution in [0.3, 0.4) is 0 Å². The number of amides is 1. The molecule has 1 N–H and O–H groups in total. The Morgan fingerprint density at radius 3 is 1.29 bits per heavy atom. The van der Waals surface area contributed by atoms with Crippen LogP contribution in [0.2, 0.25) is 0 Å². The molecule has 0 atom stereocenters. The Bertz CT molecular complexity index is 563. The Balaban J connectivity index is 1.68. The molecular weight excluding hydrogens is 446 g/mol. The van der Waals surface area contributed by atoms with Crippen LogP contribution in [0, 0.1) is 0 Å². The van der Waals surface area contributed by atoms with Gasteiger partial charge in [0.1, 0.15) is 0 Å². The van der Waals surface area contributed by atoms with Crippen LogP contribution in [0.5, 0.6) is 0 Å². The van der Waals surface area contributed by atoms with Gasteiger partial charge >= 0.3 is 0 Å². The summed E-state index contributed by atoms with van der Waals surface area (Å²) in [6.07, 6.45) is 0. The maximum atomic E-state index is 11.8. The molecule has 0 aliphatic heterocycles. The predicted molar refractivity (Wildman–Crippen MR) is 126 cm³/mol. The zero-order chi connectivity index (χ0) is 24.4. The zero-order valence-corrected chi connectivity index (χ0v) is 20.4. The summed E-state index contributed by atoms with van der Waals surface area (Å²) >= 11 is 0. The summed E-state index contributed by atoms with van der Waals surface area (Å²) < 4.78 is 42.7. The molecule has 0 aromatic heterocycles. The van der Waals surface area contributed by atoms with Crippen LogP contribution in [-0.2, 0) is 37.9 Å². The monoisotopic (exact) mass is 487 g/mol. The largest absolute Gasteiger partial charge is 0.382 e. The molecule has 0 saturated carbocycles. The van der Waals surface area contributed by atoms with Crippen LogP contribution in [0.1, 0.15) is 10.4 Å². The molecule has 1 aromatic carbocycles. The topological polar surface area (TPSA) is 103 Å². The molecule has 196 valence electrons. The minimum Gasteiger partial charge on any atom is -0.382 e. The fourth-order valence-corrected chi connectivity index (χ4v) is 2.49. The van der Waals surface area contributed by atoms with Crippen molar-refractivity contribution in [2.75, 3.05) is 113 Å². The molecule has 0 saturated heterocycles. The van der Waals surface area contributed by atoms with E-state index in [1.165, 1.54) is 0 Å². The fraction of sp³-hybridized carbons (Fsp3) is 0.708. The number of carbonyl (C=O) groups excluding carboxylic acids is 1. The first-order valence-corrected chi connectivity index (χ1v) is 11.7. The van der Waals surface area contributed by atoms with E-state index in [2.05, 4.69) is 5.32 Å². The van der Waals surface area contributed by atoms with E-state index in [-0.39, 0.29) is 5.91 Å². The van der Waals surface area contributed by atoms with Crippen LogP contribution < -0.4 is 5.32 Å². The summed E-state index contributed by atoms with van der Waals surface area (Å²) in [4.78, 5) is 11.8. The molecule has 34 heavy (non-hydrogen) atoms. The molecule has 0 aliphatic rings. The van der Waals surface area contributed by atoms with Crippen molar-refractivity contribution in [3.63, 3.8) is 0 Å². The van der Waals surface area contributed by atoms with Gasteiger partial charge in [-0.15, -0.1) is 0 Å². The molecule has 0 radical (unpaired) electrons. The van der Waals surface area contributed by atoms with E-state index >= 15 is 0 Å². The molecule has 0 aliphatic carbocycles. The van der Waals surface area contributed by atoms with Crippen molar-refractivity contribution in [1.82, 2.24) is 5.32 Å². The van der Waals surface area contributed by atoms with Crippen LogP contribution in [0.25, 0.3) is 0 Å². The van der Waals surface area contributed by atoms with Gasteiger partial charge in [-0.05, 0) is 12.1 Å². The Morgan fingerprint density at radius 1 is 0.559 bits per heavy atom. The minimum absolute atomic E-state index is 0.102. The van der Waals surface area contributed by atoms with Gasteiger partial charge in [0.25, 0.3) is 5.91 Å². The lowest BCUT2D eigenvalue weighted by Gasteiger charge is -2.09. The highest BCUT2D eigenvalue weighted by molar-refractivity contribution is 5.94. The average molecular weight is 488 g/mol. The third kappa shape index (κ3) is 19.8. The van der Waals surface area contributed by atoms with E-state index in [1.54, 1.807) is 19.2 Å². The zero-order valence-electron chi connectivity index (χ0n) is 20.4. The molecule has 1 amide bonds. The van der Waals surface area contributed by atoms with Gasteiger partial charge in [-0.3, -0.25) is 4.79 Å². The van der Waals surface area contributed by atoms with E-state index < -0.39 is 0 Å². The Morgan fingerprint density at radius 2 is 0.912 bits per heavy atom. The third-order valence-electron chi connectivity index (χ3n) is 4.23. The minimum atomic E-state index is -0.102. The number of ether oxygens (including phenoxy) is 8. The van der Waals surface area contributed by atoms with Crippen molar-refractivity contribution in [3.8, 4) is 0 Å². The Kier molecular flexibility index (Phi) is 21.9. The summed E-state index contributed by atoms with van der Waals surface area (Å²) in [5, 5.41) is 2.81. The normalized spacial score (nSPS) is 11.1. The highest BCUT2D eigenvalue weighted by atomic mass is 16.6. The average Bonchev–Trinajstić information content (AvgIpc) is 2.87. The van der Waals surface area contributed by atoms with E-state index in [1.807, 2.05) is 18.2 Å². The molecule has 0 fully saturated rings. The van der Waals surface area contributed by atoms with Crippen molar-refractivity contribution in [3.05, 3.63) is 35.9 Å². The lowest BCUT2D eigenvalue weighted by molar-refractivity contribution is -0.0220. The third-order valence-corrected chi connectivity index (χ3v) is 4.23. The lowest BCUT2D eigenvalue weighted by atomic mass is 10.2. The van der Waals surface area contributed by atoms with E-state index in [9.17, 15) is 4.79 Å². The molecule has 10 nitrogen and oxygen atoms in total. The predicted octanol–water partition coefficient (Wildman–Crippen LogP) is 1.18. The van der Waals surface area contributed by atoms with E-state index in [4.69, 9.17) is 37.9 Å². The Labute approximate surface area is 203 Å². The van der Waals surface area contributed by atoms with Crippen LogP contribution in [0.4, 0.5) is 0 Å². The first kappa shape index (κ1) is 30.4. The molecule has 1 rings (SSSR count). The van der Waals surface area contributed by atoms with Crippen molar-refractivity contribution in [2.45, 2.75) is 0 Å². The maximum absolute atomic E-state index is 11.8. The summed E-state index contributed by atoms with van der Waals surface area (Å²) in [6.45, 7) is 8.25. The van der Waals surface area contributed by atoms with Crippen molar-refractivity contribution in [1.29, 1.82) is 0 Å². The van der Waals surface area contributed by atoms with Gasteiger partial charge in [-0.1, -0.05) is 18.2 Å². The van der Waals surface area contributed by atoms with Gasteiger partial charge in [0.05, 0.1) is 99.1 Å². The molecule has 0 spiro atoms. The number of methoxy groups -OCH3 is 1. The van der Waals surface area contributed by atoms with Crippen molar-refractivity contribution < 1.29 is 42.7 Å². The second kappa shape index (κ2) is 24.5. The van der Waals surface area contributed by atoms with E-state index in [0.717, 1.165) is 0 Å². The highest BCUT2D eigenvalue weighted by Crippen LogP contribution is 1.97. The van der Waals surface area contributed by atoms with Gasteiger partial charge in [0.15, 0.2) is 0 Å². The van der Waals surface area contributed by atoms with Crippen LogP contribution in [-0.4, -0.2) is 119 Å². The van der Waals surface area contributed by atoms with Gasteiger partial charge in [0.2, 0.25) is 0 Å². The second-order valence-corrected chi connectivity index (χ2v) is 6.90. The highest BCUT2D eigenvalue weighted by Gasteiger charge is 2.02. The molecule has 10 heteroatoms. The van der Waals surface area contributed by atoms with Crippen LogP contribution in [0.15, 0.2) is 30.3 Å². The summed E-state index contributed by atoms with van der Waals surface area (Å²) in [5.41, 5.74) is 0.641. The molecule has 0 bridgehead atoms. The number of rotatable bonds is 25. The number of hydrogen-bond acceptors (Lipinski definition) is 9. The van der Waals surface area contributed by atoms with Crippen molar-refractivity contribution >= 4 is 5.91 Å². The van der Waals surface area contributed by atoms with Gasteiger partial charge < -0.3 is 43.2 Å². The number of benzene rings is 1. The maximum Gasteiger partial charge on any atom is 0.251 e. The quantitative estimate of drug-likeness (QED) is 0.204. The first-order valence-electron chi connectivity index (χ1n) is 11.7. The molecular formula is C24H41NO9. The number of nitrogens with one attached hydrogen (secondary N) is 1. The van der Waals surface area contributed by atoms with E-state index in [0.29, 0.717) is 111 Å². The standard InChI is InChI=1S/C24H41NO9/c1-27-9-10-29-13-14-31-17-18-33-21-22-34-20-19-32-16-15-30-12-11-28-8-7-25-24(26)23-5-3-2-4-6-23/h2-6H,7-22H2,1H3,(H,25,26). The van der Waals surface area contributed by atoms with Gasteiger partial charge in [0, 0.05) is 19.2 Å². The first-order chi connectivity index (χ1) is 16.8. The van der Waals surface area contributed by atoms with Gasteiger partial charge in [-0.25, -0.2) is 0 Å². The molecule has 0 heterocycles. The Hall–Kier alpha value is -1.63. The smallest absolute Gasteiger partial charge is 0.251 e. The van der Waals surface area contributed by atoms with Gasteiger partial charge in [-0.2, -0.15) is 0 Å². The summed E-state index contributed by atoms with van der Waals surface area (Å²) in [5.74, 6) is -0.102. The summed E-state index contributed by atoms with van der Waals surface area (Å²) in [6, 6.07) is 9.09. The molecule has 0 unspecified atom stereocenters. The summed E-state index contributed by atoms with van der Waals surface area (Å²) in [7, 11) is 1.64. The van der Waals surface area contributed by atoms with Crippen molar-refractivity contribution in [2.24, 2.45) is 0 Å². The number of carbonyl (C=O) groups is 1.